The molecule has 1 rings (SSSR count). The van der Waals surface area contributed by atoms with Crippen molar-refractivity contribution in [2.45, 2.75) is 26.2 Å². The smallest absolute Gasteiger partial charge is 0.252 e. The number of hydrogen-bond donors (Lipinski definition) is 2. The minimum Gasteiger partial charge on any atom is -0.384 e. The Morgan fingerprint density at radius 2 is 2.17 bits per heavy atom. The number of nitrogens with two attached hydrogens (primary N) is 1. The van der Waals surface area contributed by atoms with Gasteiger partial charge in [-0.1, -0.05) is 13.3 Å². The fourth-order valence-corrected chi connectivity index (χ4v) is 1.37. The van der Waals surface area contributed by atoms with Gasteiger partial charge >= 0.3 is 0 Å². The monoisotopic (exact) mass is 251 g/mol. The van der Waals surface area contributed by atoms with Gasteiger partial charge in [0.25, 0.3) is 5.91 Å². The molecule has 1 amide bonds. The van der Waals surface area contributed by atoms with E-state index in [-0.39, 0.29) is 5.91 Å². The summed E-state index contributed by atoms with van der Waals surface area (Å²) in [7, 11) is 0. The van der Waals surface area contributed by atoms with Crippen LogP contribution in [-0.2, 0) is 4.74 Å². The van der Waals surface area contributed by atoms with E-state index in [1.165, 1.54) is 6.20 Å². The van der Waals surface area contributed by atoms with Crippen LogP contribution < -0.4 is 11.1 Å². The molecule has 0 aliphatic heterocycles. The fraction of sp³-hybridized carbons (Fsp3) is 0.538. The lowest BCUT2D eigenvalue weighted by Gasteiger charge is -2.06. The number of ether oxygens (including phenoxy) is 1. The van der Waals surface area contributed by atoms with E-state index in [1.54, 1.807) is 12.1 Å². The highest BCUT2D eigenvalue weighted by Crippen LogP contribution is 2.00. The van der Waals surface area contributed by atoms with Gasteiger partial charge in [-0.2, -0.15) is 0 Å². The molecule has 1 heterocycles. The molecule has 0 aromatic carbocycles. The molecule has 0 aliphatic rings. The Labute approximate surface area is 108 Å². The van der Waals surface area contributed by atoms with Gasteiger partial charge in [-0.25, -0.2) is 4.98 Å². The van der Waals surface area contributed by atoms with E-state index in [0.29, 0.717) is 24.5 Å². The van der Waals surface area contributed by atoms with Crippen molar-refractivity contribution in [2.75, 3.05) is 25.5 Å². The number of anilines is 1. The van der Waals surface area contributed by atoms with Gasteiger partial charge in [0.1, 0.15) is 5.82 Å². The molecule has 0 radical (unpaired) electrons. The van der Waals surface area contributed by atoms with Crippen molar-refractivity contribution in [1.82, 2.24) is 10.3 Å². The lowest BCUT2D eigenvalue weighted by molar-refractivity contribution is 0.0940. The number of rotatable bonds is 8. The van der Waals surface area contributed by atoms with Crippen molar-refractivity contribution in [1.29, 1.82) is 0 Å². The van der Waals surface area contributed by atoms with Crippen LogP contribution in [0.15, 0.2) is 18.3 Å². The highest BCUT2D eigenvalue weighted by atomic mass is 16.5. The van der Waals surface area contributed by atoms with E-state index >= 15 is 0 Å². The van der Waals surface area contributed by atoms with Crippen LogP contribution in [0.3, 0.4) is 0 Å². The third-order valence-corrected chi connectivity index (χ3v) is 2.44. The number of hydrogen-bond acceptors (Lipinski definition) is 4. The van der Waals surface area contributed by atoms with Crippen LogP contribution in [0.25, 0.3) is 0 Å². The SMILES string of the molecule is CCCCOCCCNC(=O)c1ccc(N)nc1. The van der Waals surface area contributed by atoms with Gasteiger partial charge in [0, 0.05) is 26.0 Å². The summed E-state index contributed by atoms with van der Waals surface area (Å²) >= 11 is 0. The third kappa shape index (κ3) is 5.63. The molecular weight excluding hydrogens is 230 g/mol. The van der Waals surface area contributed by atoms with Crippen LogP contribution in [0, 0.1) is 0 Å². The second kappa shape index (κ2) is 8.47. The second-order valence-corrected chi connectivity index (χ2v) is 4.05. The summed E-state index contributed by atoms with van der Waals surface area (Å²) < 4.78 is 5.40. The Kier molecular flexibility index (Phi) is 6.79. The molecule has 0 aliphatic carbocycles. The number of nitrogens with one attached hydrogen (secondary N) is 1. The maximum atomic E-state index is 11.7. The summed E-state index contributed by atoms with van der Waals surface area (Å²) in [6.45, 7) is 4.21. The van der Waals surface area contributed by atoms with Crippen LogP contribution in [0.4, 0.5) is 5.82 Å². The van der Waals surface area contributed by atoms with Gasteiger partial charge in [0.15, 0.2) is 0 Å². The Morgan fingerprint density at radius 1 is 1.39 bits per heavy atom. The van der Waals surface area contributed by atoms with Crippen molar-refractivity contribution < 1.29 is 9.53 Å². The molecule has 0 saturated heterocycles. The van der Waals surface area contributed by atoms with E-state index in [9.17, 15) is 4.79 Å². The summed E-state index contributed by atoms with van der Waals surface area (Å²) in [5, 5.41) is 2.81. The van der Waals surface area contributed by atoms with Gasteiger partial charge in [-0.3, -0.25) is 4.79 Å². The Morgan fingerprint density at radius 3 is 2.83 bits per heavy atom. The van der Waals surface area contributed by atoms with E-state index in [2.05, 4.69) is 17.2 Å². The first-order valence-electron chi connectivity index (χ1n) is 6.31. The predicted molar refractivity (Wildman–Crippen MR) is 71.3 cm³/mol. The van der Waals surface area contributed by atoms with E-state index < -0.39 is 0 Å². The van der Waals surface area contributed by atoms with Gasteiger partial charge in [0.2, 0.25) is 0 Å². The topological polar surface area (TPSA) is 77.2 Å². The lowest BCUT2D eigenvalue weighted by atomic mass is 10.2. The average molecular weight is 251 g/mol. The van der Waals surface area contributed by atoms with Crippen molar-refractivity contribution >= 4 is 11.7 Å². The maximum Gasteiger partial charge on any atom is 0.252 e. The normalized spacial score (nSPS) is 10.3. The molecule has 0 atom stereocenters. The molecule has 1 aromatic heterocycles. The molecule has 100 valence electrons. The molecule has 0 spiro atoms. The third-order valence-electron chi connectivity index (χ3n) is 2.44. The minimum absolute atomic E-state index is 0.129. The van der Waals surface area contributed by atoms with Crippen molar-refractivity contribution in [3.63, 3.8) is 0 Å². The number of aromatic nitrogens is 1. The molecular formula is C13H21N3O2. The standard InChI is InChI=1S/C13H21N3O2/c1-2-3-8-18-9-4-7-15-13(17)11-5-6-12(14)16-10-11/h5-6,10H,2-4,7-9H2,1H3,(H2,14,16)(H,15,17). The number of carbonyl (C=O) groups excluding carboxylic acids is 1. The predicted octanol–water partition coefficient (Wildman–Crippen LogP) is 1.60. The lowest BCUT2D eigenvalue weighted by Crippen LogP contribution is -2.25. The minimum atomic E-state index is -0.129. The highest BCUT2D eigenvalue weighted by molar-refractivity contribution is 5.93. The molecule has 3 N–H and O–H groups in total. The number of nitrogen functional groups attached to an aromatic ring is 1. The molecule has 18 heavy (non-hydrogen) atoms. The first-order chi connectivity index (χ1) is 8.74. The van der Waals surface area contributed by atoms with Crippen LogP contribution in [-0.4, -0.2) is 30.6 Å². The highest BCUT2D eigenvalue weighted by Gasteiger charge is 2.04. The largest absolute Gasteiger partial charge is 0.384 e. The van der Waals surface area contributed by atoms with Crippen molar-refractivity contribution in [2.24, 2.45) is 0 Å². The van der Waals surface area contributed by atoms with Crippen LogP contribution in [0.5, 0.6) is 0 Å². The van der Waals surface area contributed by atoms with E-state index in [1.807, 2.05) is 0 Å². The summed E-state index contributed by atoms with van der Waals surface area (Å²) in [6, 6.07) is 3.28. The van der Waals surface area contributed by atoms with Crippen LogP contribution in [0.2, 0.25) is 0 Å². The molecule has 0 unspecified atom stereocenters. The summed E-state index contributed by atoms with van der Waals surface area (Å²) in [4.78, 5) is 15.5. The Balaban J connectivity index is 2.12. The molecule has 0 bridgehead atoms. The molecule has 1 aromatic rings. The second-order valence-electron chi connectivity index (χ2n) is 4.05. The Bertz CT molecular complexity index is 352. The van der Waals surface area contributed by atoms with Crippen LogP contribution in [0.1, 0.15) is 36.5 Å². The van der Waals surface area contributed by atoms with Crippen molar-refractivity contribution in [3.8, 4) is 0 Å². The van der Waals surface area contributed by atoms with Gasteiger partial charge in [-0.15, -0.1) is 0 Å². The molecule has 0 fully saturated rings. The summed E-state index contributed by atoms with van der Waals surface area (Å²) in [5.74, 6) is 0.284. The average Bonchev–Trinajstić information content (AvgIpc) is 2.38. The number of pyridine rings is 1. The van der Waals surface area contributed by atoms with Gasteiger partial charge < -0.3 is 15.8 Å². The van der Waals surface area contributed by atoms with E-state index in [4.69, 9.17) is 10.5 Å². The number of unbranched alkanes of at least 4 members (excludes halogenated alkanes) is 1. The summed E-state index contributed by atoms with van der Waals surface area (Å²) in [5.41, 5.74) is 5.97. The first kappa shape index (κ1) is 14.4. The zero-order chi connectivity index (χ0) is 13.2. The van der Waals surface area contributed by atoms with E-state index in [0.717, 1.165) is 25.9 Å². The number of nitrogens with zero attached hydrogens (tertiary/aromatic N) is 1. The Hall–Kier alpha value is -1.62. The zero-order valence-electron chi connectivity index (χ0n) is 10.8. The summed E-state index contributed by atoms with van der Waals surface area (Å²) in [6.07, 6.45) is 4.52. The maximum absolute atomic E-state index is 11.7. The molecule has 0 saturated carbocycles. The number of carbonyl (C=O) groups is 1. The molecule has 5 nitrogen and oxygen atoms in total. The molecule has 5 heteroatoms. The van der Waals surface area contributed by atoms with Gasteiger partial charge in [-0.05, 0) is 25.0 Å². The first-order valence-corrected chi connectivity index (χ1v) is 6.31. The van der Waals surface area contributed by atoms with Gasteiger partial charge in [0.05, 0.1) is 5.56 Å². The van der Waals surface area contributed by atoms with Crippen molar-refractivity contribution in [3.05, 3.63) is 23.9 Å². The quantitative estimate of drug-likeness (QED) is 0.688. The zero-order valence-corrected chi connectivity index (χ0v) is 10.8. The van der Waals surface area contributed by atoms with Crippen LogP contribution >= 0.6 is 0 Å². The number of amides is 1. The fourth-order valence-electron chi connectivity index (χ4n) is 1.37.